The van der Waals surface area contributed by atoms with E-state index in [1.807, 2.05) is 6.92 Å². The van der Waals surface area contributed by atoms with E-state index in [4.69, 9.17) is 4.42 Å². The smallest absolute Gasteiger partial charge is 0.260 e. The summed E-state index contributed by atoms with van der Waals surface area (Å²) in [4.78, 5) is 15.9. The molecule has 2 heterocycles. The molecule has 4 nitrogen and oxygen atoms in total. The molecule has 2 rings (SSSR count). The highest BCUT2D eigenvalue weighted by Crippen LogP contribution is 2.24. The van der Waals surface area contributed by atoms with Crippen molar-refractivity contribution in [2.75, 3.05) is 5.32 Å². The lowest BCUT2D eigenvalue weighted by atomic mass is 10.2. The Labute approximate surface area is 105 Å². The maximum absolute atomic E-state index is 11.8. The topological polar surface area (TPSA) is 55.1 Å². The molecule has 0 spiro atoms. The van der Waals surface area contributed by atoms with Gasteiger partial charge >= 0.3 is 0 Å². The molecule has 0 bridgehead atoms. The Morgan fingerprint density at radius 3 is 3.12 bits per heavy atom. The molecule has 0 aliphatic carbocycles. The molecule has 0 aromatic carbocycles. The van der Waals surface area contributed by atoms with Crippen LogP contribution < -0.4 is 5.32 Å². The number of hydrogen-bond acceptors (Lipinski definition) is 4. The number of furan rings is 1. The lowest BCUT2D eigenvalue weighted by molar-refractivity contribution is 0.102. The summed E-state index contributed by atoms with van der Waals surface area (Å²) in [5.41, 5.74) is 0.564. The van der Waals surface area contributed by atoms with Gasteiger partial charge in [0.15, 0.2) is 5.13 Å². The van der Waals surface area contributed by atoms with Crippen LogP contribution in [0.25, 0.3) is 0 Å². The van der Waals surface area contributed by atoms with Crippen LogP contribution in [-0.2, 0) is 6.42 Å². The Balaban J connectivity index is 2.14. The summed E-state index contributed by atoms with van der Waals surface area (Å²) in [6, 6.07) is 1.66. The van der Waals surface area contributed by atoms with Gasteiger partial charge in [-0.15, -0.1) is 0 Å². The van der Waals surface area contributed by atoms with Crippen LogP contribution in [0.4, 0.5) is 5.13 Å². The SMILES string of the molecule is CCc1occc1C(=O)Nc1ncc(Br)s1. The standard InChI is InChI=1S/C10H9BrN2O2S/c1-2-7-6(3-4-15-7)9(14)13-10-12-5-8(11)16-10/h3-5H,2H2,1H3,(H,12,13,14). The van der Waals surface area contributed by atoms with E-state index in [-0.39, 0.29) is 5.91 Å². The Kier molecular flexibility index (Phi) is 3.40. The lowest BCUT2D eigenvalue weighted by Gasteiger charge is -2.00. The van der Waals surface area contributed by atoms with Crippen molar-refractivity contribution in [1.82, 2.24) is 4.98 Å². The molecular formula is C10H9BrN2O2S. The fourth-order valence-electron chi connectivity index (χ4n) is 1.29. The maximum atomic E-state index is 11.8. The van der Waals surface area contributed by atoms with Gasteiger partial charge in [-0.05, 0) is 22.0 Å². The van der Waals surface area contributed by atoms with Gasteiger partial charge in [0.25, 0.3) is 5.91 Å². The number of carbonyl (C=O) groups excluding carboxylic acids is 1. The number of anilines is 1. The highest BCUT2D eigenvalue weighted by molar-refractivity contribution is 9.11. The fraction of sp³-hybridized carbons (Fsp3) is 0.200. The third-order valence-electron chi connectivity index (χ3n) is 2.01. The van der Waals surface area contributed by atoms with Gasteiger partial charge in [-0.1, -0.05) is 18.3 Å². The van der Waals surface area contributed by atoms with Crippen molar-refractivity contribution in [2.45, 2.75) is 13.3 Å². The molecule has 0 aliphatic heterocycles. The second-order valence-electron chi connectivity index (χ2n) is 3.03. The van der Waals surface area contributed by atoms with Crippen LogP contribution in [0.5, 0.6) is 0 Å². The Morgan fingerprint density at radius 2 is 2.50 bits per heavy atom. The first-order chi connectivity index (χ1) is 7.70. The first-order valence-electron chi connectivity index (χ1n) is 4.69. The van der Waals surface area contributed by atoms with E-state index in [1.165, 1.54) is 17.6 Å². The van der Waals surface area contributed by atoms with Crippen molar-refractivity contribution < 1.29 is 9.21 Å². The predicted octanol–water partition coefficient (Wildman–Crippen LogP) is 3.31. The molecular weight excluding hydrogens is 292 g/mol. The van der Waals surface area contributed by atoms with Gasteiger partial charge in [-0.3, -0.25) is 10.1 Å². The summed E-state index contributed by atoms with van der Waals surface area (Å²) in [6.45, 7) is 1.94. The summed E-state index contributed by atoms with van der Waals surface area (Å²) < 4.78 is 6.07. The van der Waals surface area contributed by atoms with E-state index >= 15 is 0 Å². The van der Waals surface area contributed by atoms with E-state index in [1.54, 1.807) is 12.3 Å². The van der Waals surface area contributed by atoms with Gasteiger partial charge in [-0.2, -0.15) is 0 Å². The first kappa shape index (κ1) is 11.3. The van der Waals surface area contributed by atoms with Crippen molar-refractivity contribution in [3.8, 4) is 0 Å². The predicted molar refractivity (Wildman–Crippen MR) is 65.9 cm³/mol. The van der Waals surface area contributed by atoms with Crippen LogP contribution in [0, 0.1) is 0 Å². The molecule has 0 saturated carbocycles. The van der Waals surface area contributed by atoms with E-state index in [0.717, 1.165) is 3.79 Å². The number of thiazole rings is 1. The van der Waals surface area contributed by atoms with Gasteiger partial charge in [0.1, 0.15) is 5.76 Å². The molecule has 0 unspecified atom stereocenters. The number of halogens is 1. The molecule has 2 aromatic heterocycles. The van der Waals surface area contributed by atoms with Gasteiger partial charge in [0.2, 0.25) is 0 Å². The van der Waals surface area contributed by atoms with E-state index in [2.05, 4.69) is 26.2 Å². The van der Waals surface area contributed by atoms with Crippen LogP contribution in [0.15, 0.2) is 26.7 Å². The number of aromatic nitrogens is 1. The van der Waals surface area contributed by atoms with Gasteiger partial charge in [0.05, 0.1) is 21.8 Å². The van der Waals surface area contributed by atoms with E-state index in [9.17, 15) is 4.79 Å². The summed E-state index contributed by atoms with van der Waals surface area (Å²) in [5.74, 6) is 0.501. The molecule has 2 aromatic rings. The van der Waals surface area contributed by atoms with Crippen molar-refractivity contribution in [3.63, 3.8) is 0 Å². The van der Waals surface area contributed by atoms with Crippen LogP contribution in [0.3, 0.4) is 0 Å². The number of hydrogen-bond donors (Lipinski definition) is 1. The Hall–Kier alpha value is -1.14. The summed E-state index contributed by atoms with van der Waals surface area (Å²) >= 11 is 4.65. The average Bonchev–Trinajstić information content (AvgIpc) is 2.86. The number of nitrogens with one attached hydrogen (secondary N) is 1. The number of rotatable bonds is 3. The van der Waals surface area contributed by atoms with Crippen molar-refractivity contribution >= 4 is 38.3 Å². The number of carbonyl (C=O) groups is 1. The molecule has 84 valence electrons. The molecule has 0 aliphatic rings. The monoisotopic (exact) mass is 300 g/mol. The molecule has 0 atom stereocenters. The van der Waals surface area contributed by atoms with E-state index < -0.39 is 0 Å². The third-order valence-corrected chi connectivity index (χ3v) is 3.40. The summed E-state index contributed by atoms with van der Waals surface area (Å²) in [7, 11) is 0. The second kappa shape index (κ2) is 4.80. The Morgan fingerprint density at radius 1 is 1.69 bits per heavy atom. The number of amides is 1. The minimum Gasteiger partial charge on any atom is -0.469 e. The number of nitrogens with zero attached hydrogens (tertiary/aromatic N) is 1. The quantitative estimate of drug-likeness (QED) is 0.946. The molecule has 16 heavy (non-hydrogen) atoms. The molecule has 6 heteroatoms. The highest BCUT2D eigenvalue weighted by atomic mass is 79.9. The average molecular weight is 301 g/mol. The first-order valence-corrected chi connectivity index (χ1v) is 6.30. The number of aryl methyl sites for hydroxylation is 1. The zero-order valence-electron chi connectivity index (χ0n) is 8.49. The minimum absolute atomic E-state index is 0.188. The zero-order chi connectivity index (χ0) is 11.5. The lowest BCUT2D eigenvalue weighted by Crippen LogP contribution is -2.12. The minimum atomic E-state index is -0.188. The second-order valence-corrected chi connectivity index (χ2v) is 5.44. The van der Waals surface area contributed by atoms with Crippen molar-refractivity contribution in [3.05, 3.63) is 33.6 Å². The van der Waals surface area contributed by atoms with Crippen LogP contribution in [0.1, 0.15) is 23.0 Å². The van der Waals surface area contributed by atoms with Gasteiger partial charge < -0.3 is 4.42 Å². The van der Waals surface area contributed by atoms with Gasteiger partial charge in [-0.25, -0.2) is 4.98 Å². The Bertz CT molecular complexity index is 506. The van der Waals surface area contributed by atoms with Gasteiger partial charge in [0, 0.05) is 6.42 Å². The molecule has 0 radical (unpaired) electrons. The summed E-state index contributed by atoms with van der Waals surface area (Å²) in [5, 5.41) is 3.29. The molecule has 1 amide bonds. The largest absolute Gasteiger partial charge is 0.469 e. The molecule has 1 N–H and O–H groups in total. The van der Waals surface area contributed by atoms with Crippen LogP contribution in [0.2, 0.25) is 0 Å². The van der Waals surface area contributed by atoms with Crippen molar-refractivity contribution in [1.29, 1.82) is 0 Å². The molecule has 0 fully saturated rings. The molecule has 0 saturated heterocycles. The maximum Gasteiger partial charge on any atom is 0.260 e. The third kappa shape index (κ3) is 2.33. The normalized spacial score (nSPS) is 10.4. The van der Waals surface area contributed by atoms with Crippen LogP contribution >= 0.6 is 27.3 Å². The highest BCUT2D eigenvalue weighted by Gasteiger charge is 2.14. The van der Waals surface area contributed by atoms with E-state index in [0.29, 0.717) is 22.9 Å². The zero-order valence-corrected chi connectivity index (χ0v) is 10.9. The fourth-order valence-corrected chi connectivity index (χ4v) is 2.40. The summed E-state index contributed by atoms with van der Waals surface area (Å²) in [6.07, 6.45) is 3.86. The van der Waals surface area contributed by atoms with Crippen molar-refractivity contribution in [2.24, 2.45) is 0 Å². The van der Waals surface area contributed by atoms with Crippen LogP contribution in [-0.4, -0.2) is 10.9 Å².